The maximum absolute atomic E-state index is 6.30. The van der Waals surface area contributed by atoms with Crippen molar-refractivity contribution in [3.05, 3.63) is 170 Å². The number of hydrogen-bond donors (Lipinski definition) is 0. The summed E-state index contributed by atoms with van der Waals surface area (Å²) in [5.74, 6) is 0. The molecule has 4 heteroatoms. The number of para-hydroxylation sites is 3. The number of fused-ring (bicyclic) bond motifs is 10. The molecule has 4 aromatic heterocycles. The van der Waals surface area contributed by atoms with E-state index in [0.717, 1.165) is 55.6 Å². The Kier molecular flexibility index (Phi) is 6.12. The predicted molar refractivity (Wildman–Crippen MR) is 215 cm³/mol. The Hall–Kier alpha value is -6.49. The fourth-order valence-corrected chi connectivity index (χ4v) is 9.34. The monoisotopic (exact) mass is 668 g/mol. The van der Waals surface area contributed by atoms with Crippen LogP contribution < -0.4 is 0 Å². The number of benzene rings is 7. The molecule has 4 heterocycles. The Bertz CT molecular complexity index is 3130. The third kappa shape index (κ3) is 4.27. The molecule has 7 aromatic carbocycles. The average molecular weight is 669 g/mol. The highest BCUT2D eigenvalue weighted by atomic mass is 32.1. The first kappa shape index (κ1) is 28.4. The van der Waals surface area contributed by atoms with Crippen molar-refractivity contribution in [1.82, 2.24) is 9.55 Å². The lowest BCUT2D eigenvalue weighted by molar-refractivity contribution is 0.669. The van der Waals surface area contributed by atoms with Crippen molar-refractivity contribution in [2.45, 2.75) is 0 Å². The second-order valence-electron chi connectivity index (χ2n) is 13.1. The molecule has 0 saturated heterocycles. The smallest absolute Gasteiger partial charge is 0.136 e. The lowest BCUT2D eigenvalue weighted by Crippen LogP contribution is -1.92. The van der Waals surface area contributed by atoms with Crippen molar-refractivity contribution in [2.75, 3.05) is 0 Å². The predicted octanol–water partition coefficient (Wildman–Crippen LogP) is 13.4. The third-order valence-electron chi connectivity index (χ3n) is 10.2. The number of thiophene rings is 1. The van der Waals surface area contributed by atoms with E-state index in [4.69, 9.17) is 9.40 Å². The van der Waals surface area contributed by atoms with Gasteiger partial charge in [-0.25, -0.2) is 4.98 Å². The molecule has 0 aliphatic carbocycles. The van der Waals surface area contributed by atoms with Crippen molar-refractivity contribution in [2.24, 2.45) is 0 Å². The Morgan fingerprint density at radius 2 is 1.08 bits per heavy atom. The Balaban J connectivity index is 1.20. The highest BCUT2D eigenvalue weighted by molar-refractivity contribution is 7.27. The van der Waals surface area contributed by atoms with Gasteiger partial charge >= 0.3 is 0 Å². The molecule has 11 aromatic rings. The molecule has 238 valence electrons. The van der Waals surface area contributed by atoms with E-state index in [2.05, 4.69) is 156 Å². The van der Waals surface area contributed by atoms with Gasteiger partial charge in [0.15, 0.2) is 0 Å². The molecular weight excluding hydrogens is 641 g/mol. The minimum absolute atomic E-state index is 0.868. The van der Waals surface area contributed by atoms with Crippen LogP contribution in [0.4, 0.5) is 0 Å². The van der Waals surface area contributed by atoms with Gasteiger partial charge in [0.05, 0.1) is 22.4 Å². The Morgan fingerprint density at radius 1 is 0.431 bits per heavy atom. The molecule has 0 aliphatic rings. The minimum atomic E-state index is 0.868. The van der Waals surface area contributed by atoms with E-state index < -0.39 is 0 Å². The first-order chi connectivity index (χ1) is 25.3. The number of rotatable bonds is 4. The van der Waals surface area contributed by atoms with Crippen molar-refractivity contribution < 1.29 is 4.42 Å². The van der Waals surface area contributed by atoms with E-state index in [-0.39, 0.29) is 0 Å². The van der Waals surface area contributed by atoms with Gasteiger partial charge in [-0.3, -0.25) is 0 Å². The number of furan rings is 1. The van der Waals surface area contributed by atoms with Gasteiger partial charge < -0.3 is 8.98 Å². The van der Waals surface area contributed by atoms with E-state index in [1.54, 1.807) is 0 Å². The Morgan fingerprint density at radius 3 is 1.94 bits per heavy atom. The molecule has 0 spiro atoms. The SMILES string of the molecule is c1ccc(-c2cc(-c3cccc4c3sc3c4ccc4c3c3ccccc3n4-c3ccccc3)nc(-c3cccc4oc5ccccc5c34)c2)cc1. The van der Waals surface area contributed by atoms with E-state index in [1.165, 1.54) is 47.7 Å². The highest BCUT2D eigenvalue weighted by Gasteiger charge is 2.20. The average Bonchev–Trinajstić information content (AvgIpc) is 3.88. The van der Waals surface area contributed by atoms with Gasteiger partial charge in [0, 0.05) is 58.5 Å². The van der Waals surface area contributed by atoms with Crippen LogP contribution in [0.15, 0.2) is 174 Å². The summed E-state index contributed by atoms with van der Waals surface area (Å²) in [6.07, 6.45) is 0. The van der Waals surface area contributed by atoms with E-state index in [1.807, 2.05) is 29.5 Å². The van der Waals surface area contributed by atoms with E-state index >= 15 is 0 Å². The maximum atomic E-state index is 6.30. The summed E-state index contributed by atoms with van der Waals surface area (Å²) in [4.78, 5) is 5.47. The summed E-state index contributed by atoms with van der Waals surface area (Å²) < 4.78 is 11.2. The largest absolute Gasteiger partial charge is 0.456 e. The van der Waals surface area contributed by atoms with Gasteiger partial charge in [0.1, 0.15) is 11.2 Å². The molecule has 0 bridgehead atoms. The zero-order valence-electron chi connectivity index (χ0n) is 27.4. The fraction of sp³-hybridized carbons (Fsp3) is 0. The molecule has 0 N–H and O–H groups in total. The first-order valence-electron chi connectivity index (χ1n) is 17.2. The molecule has 0 unspecified atom stereocenters. The number of hydrogen-bond acceptors (Lipinski definition) is 3. The molecule has 3 nitrogen and oxygen atoms in total. The van der Waals surface area contributed by atoms with Gasteiger partial charge in [-0.05, 0) is 59.7 Å². The van der Waals surface area contributed by atoms with Crippen LogP contribution in [0.1, 0.15) is 0 Å². The van der Waals surface area contributed by atoms with Crippen LogP contribution in [0.25, 0.3) is 103 Å². The first-order valence-corrected chi connectivity index (χ1v) is 18.0. The van der Waals surface area contributed by atoms with Crippen LogP contribution in [0.3, 0.4) is 0 Å². The summed E-state index contributed by atoms with van der Waals surface area (Å²) in [5, 5.41) is 7.28. The van der Waals surface area contributed by atoms with Crippen molar-refractivity contribution in [3.8, 4) is 39.3 Å². The summed E-state index contributed by atoms with van der Waals surface area (Å²) in [6, 6.07) is 60.4. The standard InChI is InChI=1S/C47H28N2OS/c1-3-13-29(14-4-1)30-27-38(34-20-12-24-43-44(34)37-18-8-10-23-42(37)50-43)48-39(28-30)35-21-11-19-32-33-25-26-41-45(47(33)51-46(32)35)36-17-7-9-22-40(36)49(41)31-15-5-2-6-16-31/h1-28H. The lowest BCUT2D eigenvalue weighted by Gasteiger charge is -2.12. The Labute approximate surface area is 297 Å². The second-order valence-corrected chi connectivity index (χ2v) is 14.1. The molecule has 0 saturated carbocycles. The molecular formula is C47H28N2OS. The maximum Gasteiger partial charge on any atom is 0.136 e. The lowest BCUT2D eigenvalue weighted by atomic mass is 9.97. The highest BCUT2D eigenvalue weighted by Crippen LogP contribution is 2.46. The topological polar surface area (TPSA) is 31.0 Å². The van der Waals surface area contributed by atoms with Crippen LogP contribution in [0, 0.1) is 0 Å². The van der Waals surface area contributed by atoms with Gasteiger partial charge in [-0.15, -0.1) is 11.3 Å². The summed E-state index contributed by atoms with van der Waals surface area (Å²) in [6.45, 7) is 0. The number of nitrogens with zero attached hydrogens (tertiary/aromatic N) is 2. The van der Waals surface area contributed by atoms with Crippen LogP contribution in [0.5, 0.6) is 0 Å². The van der Waals surface area contributed by atoms with Gasteiger partial charge in [-0.2, -0.15) is 0 Å². The van der Waals surface area contributed by atoms with Crippen LogP contribution in [0.2, 0.25) is 0 Å². The molecule has 0 fully saturated rings. The number of pyridine rings is 1. The van der Waals surface area contributed by atoms with Gasteiger partial charge in [-0.1, -0.05) is 121 Å². The van der Waals surface area contributed by atoms with E-state index in [9.17, 15) is 0 Å². The van der Waals surface area contributed by atoms with Gasteiger partial charge in [0.25, 0.3) is 0 Å². The van der Waals surface area contributed by atoms with Crippen LogP contribution in [-0.4, -0.2) is 9.55 Å². The molecule has 0 amide bonds. The molecule has 0 radical (unpaired) electrons. The van der Waals surface area contributed by atoms with Crippen molar-refractivity contribution in [1.29, 1.82) is 0 Å². The molecule has 0 aliphatic heterocycles. The third-order valence-corrected chi connectivity index (χ3v) is 11.5. The molecule has 0 atom stereocenters. The quantitative estimate of drug-likeness (QED) is 0.187. The zero-order valence-corrected chi connectivity index (χ0v) is 28.2. The van der Waals surface area contributed by atoms with Crippen LogP contribution in [-0.2, 0) is 0 Å². The van der Waals surface area contributed by atoms with Crippen LogP contribution >= 0.6 is 11.3 Å². The molecule has 51 heavy (non-hydrogen) atoms. The number of aromatic nitrogens is 2. The fourth-order valence-electron chi connectivity index (χ4n) is 7.96. The van der Waals surface area contributed by atoms with E-state index in [0.29, 0.717) is 0 Å². The van der Waals surface area contributed by atoms with Gasteiger partial charge in [0.2, 0.25) is 0 Å². The summed E-state index contributed by atoms with van der Waals surface area (Å²) in [7, 11) is 0. The summed E-state index contributed by atoms with van der Waals surface area (Å²) in [5.41, 5.74) is 11.7. The van der Waals surface area contributed by atoms with Crippen molar-refractivity contribution in [3.63, 3.8) is 0 Å². The van der Waals surface area contributed by atoms with Crippen molar-refractivity contribution >= 4 is 75.3 Å². The normalized spacial score (nSPS) is 11.9. The molecule has 11 rings (SSSR count). The summed E-state index contributed by atoms with van der Waals surface area (Å²) >= 11 is 1.88. The zero-order chi connectivity index (χ0) is 33.5. The minimum Gasteiger partial charge on any atom is -0.456 e. The second kappa shape index (κ2) is 11.0.